The molecule has 1 saturated heterocycles. The van der Waals surface area contributed by atoms with E-state index in [0.717, 1.165) is 19.1 Å². The summed E-state index contributed by atoms with van der Waals surface area (Å²) in [5.74, 6) is 0.779. The molecule has 0 amide bonds. The zero-order valence-electron chi connectivity index (χ0n) is 11.7. The Morgan fingerprint density at radius 1 is 0.895 bits per heavy atom. The van der Waals surface area contributed by atoms with E-state index in [1.54, 1.807) is 0 Å². The molecule has 0 radical (unpaired) electrons. The zero-order chi connectivity index (χ0) is 12.9. The number of hydrogen-bond donors (Lipinski definition) is 1. The molecular formula is C17H25NO. The Morgan fingerprint density at radius 3 is 2.37 bits per heavy atom. The van der Waals surface area contributed by atoms with Crippen LogP contribution in [0.15, 0.2) is 30.3 Å². The second-order valence-corrected chi connectivity index (χ2v) is 6.04. The predicted octanol–water partition coefficient (Wildman–Crippen LogP) is 3.48. The van der Waals surface area contributed by atoms with E-state index in [9.17, 15) is 0 Å². The fourth-order valence-electron chi connectivity index (χ4n) is 3.52. The molecule has 1 N–H and O–H groups in total. The molecule has 1 aliphatic heterocycles. The van der Waals surface area contributed by atoms with Gasteiger partial charge in [0.25, 0.3) is 0 Å². The third kappa shape index (κ3) is 3.58. The van der Waals surface area contributed by atoms with E-state index in [0.29, 0.717) is 12.1 Å². The lowest BCUT2D eigenvalue weighted by Gasteiger charge is -2.33. The maximum atomic E-state index is 5.55. The maximum Gasteiger partial charge on any atom is 0.0619 e. The molecule has 0 bridgehead atoms. The molecule has 0 aromatic heterocycles. The van der Waals surface area contributed by atoms with Crippen molar-refractivity contribution >= 4 is 0 Å². The van der Waals surface area contributed by atoms with Gasteiger partial charge in [-0.2, -0.15) is 0 Å². The SMILES string of the molecule is c1ccc(C2CCC(NC3CCCOC3)CC2)cc1. The Balaban J connectivity index is 1.46. The van der Waals surface area contributed by atoms with Crippen LogP contribution in [0.5, 0.6) is 0 Å². The van der Waals surface area contributed by atoms with Gasteiger partial charge in [-0.15, -0.1) is 0 Å². The van der Waals surface area contributed by atoms with Gasteiger partial charge in [-0.05, 0) is 50.0 Å². The minimum absolute atomic E-state index is 0.604. The molecule has 1 heterocycles. The van der Waals surface area contributed by atoms with Crippen molar-refractivity contribution in [1.29, 1.82) is 0 Å². The van der Waals surface area contributed by atoms with Crippen molar-refractivity contribution in [2.45, 2.75) is 56.5 Å². The van der Waals surface area contributed by atoms with Gasteiger partial charge in [-0.3, -0.25) is 0 Å². The van der Waals surface area contributed by atoms with Crippen molar-refractivity contribution in [3.63, 3.8) is 0 Å². The number of hydrogen-bond acceptors (Lipinski definition) is 2. The van der Waals surface area contributed by atoms with Crippen LogP contribution in [0.3, 0.4) is 0 Å². The van der Waals surface area contributed by atoms with E-state index in [4.69, 9.17) is 4.74 Å². The van der Waals surface area contributed by atoms with Gasteiger partial charge in [0.05, 0.1) is 6.61 Å². The summed E-state index contributed by atoms with van der Waals surface area (Å²) in [5.41, 5.74) is 1.53. The van der Waals surface area contributed by atoms with Gasteiger partial charge in [-0.1, -0.05) is 30.3 Å². The van der Waals surface area contributed by atoms with E-state index >= 15 is 0 Å². The van der Waals surface area contributed by atoms with Gasteiger partial charge in [-0.25, -0.2) is 0 Å². The second-order valence-electron chi connectivity index (χ2n) is 6.04. The molecule has 1 atom stereocenters. The Bertz CT molecular complexity index is 364. The number of nitrogens with one attached hydrogen (secondary N) is 1. The molecule has 2 heteroatoms. The first-order valence-electron chi connectivity index (χ1n) is 7.80. The Hall–Kier alpha value is -0.860. The second kappa shape index (κ2) is 6.53. The summed E-state index contributed by atoms with van der Waals surface area (Å²) in [5, 5.41) is 3.80. The topological polar surface area (TPSA) is 21.3 Å². The van der Waals surface area contributed by atoms with Crippen LogP contribution in [0, 0.1) is 0 Å². The maximum absolute atomic E-state index is 5.55. The summed E-state index contributed by atoms with van der Waals surface area (Å²) < 4.78 is 5.55. The van der Waals surface area contributed by atoms with Crippen LogP contribution >= 0.6 is 0 Å². The van der Waals surface area contributed by atoms with Gasteiger partial charge in [0, 0.05) is 18.7 Å². The average Bonchev–Trinajstić information content (AvgIpc) is 2.50. The van der Waals surface area contributed by atoms with Gasteiger partial charge in [0.1, 0.15) is 0 Å². The first-order chi connectivity index (χ1) is 9.42. The van der Waals surface area contributed by atoms with Gasteiger partial charge in [0.15, 0.2) is 0 Å². The van der Waals surface area contributed by atoms with E-state index in [-0.39, 0.29) is 0 Å². The normalized spacial score (nSPS) is 32.1. The first kappa shape index (κ1) is 13.1. The van der Waals surface area contributed by atoms with E-state index in [1.807, 2.05) is 0 Å². The highest BCUT2D eigenvalue weighted by Gasteiger charge is 2.24. The predicted molar refractivity (Wildman–Crippen MR) is 78.4 cm³/mol. The summed E-state index contributed by atoms with van der Waals surface area (Å²) in [7, 11) is 0. The largest absolute Gasteiger partial charge is 0.380 e. The Kier molecular flexibility index (Phi) is 4.52. The minimum Gasteiger partial charge on any atom is -0.380 e. The van der Waals surface area contributed by atoms with E-state index < -0.39 is 0 Å². The van der Waals surface area contributed by atoms with Crippen molar-refractivity contribution in [1.82, 2.24) is 5.32 Å². The molecule has 19 heavy (non-hydrogen) atoms. The first-order valence-corrected chi connectivity index (χ1v) is 7.80. The molecule has 1 saturated carbocycles. The van der Waals surface area contributed by atoms with Crippen LogP contribution in [0.4, 0.5) is 0 Å². The third-order valence-corrected chi connectivity index (χ3v) is 4.63. The molecule has 104 valence electrons. The molecule has 1 unspecified atom stereocenters. The summed E-state index contributed by atoms with van der Waals surface area (Å²) in [6.07, 6.45) is 7.80. The summed E-state index contributed by atoms with van der Waals surface area (Å²) in [6, 6.07) is 12.3. The fraction of sp³-hybridized carbons (Fsp3) is 0.647. The summed E-state index contributed by atoms with van der Waals surface area (Å²) in [6.45, 7) is 1.87. The van der Waals surface area contributed by atoms with Gasteiger partial charge >= 0.3 is 0 Å². The molecule has 3 rings (SSSR count). The lowest BCUT2D eigenvalue weighted by atomic mass is 9.81. The van der Waals surface area contributed by atoms with Gasteiger partial charge < -0.3 is 10.1 Å². The van der Waals surface area contributed by atoms with Crippen molar-refractivity contribution < 1.29 is 4.74 Å². The van der Waals surface area contributed by atoms with Crippen LogP contribution in [0.1, 0.15) is 50.0 Å². The molecule has 2 fully saturated rings. The van der Waals surface area contributed by atoms with Crippen LogP contribution in [0.25, 0.3) is 0 Å². The number of rotatable bonds is 3. The van der Waals surface area contributed by atoms with Crippen molar-refractivity contribution in [3.05, 3.63) is 35.9 Å². The fourth-order valence-corrected chi connectivity index (χ4v) is 3.52. The lowest BCUT2D eigenvalue weighted by molar-refractivity contribution is 0.0639. The molecular weight excluding hydrogens is 234 g/mol. The van der Waals surface area contributed by atoms with Crippen LogP contribution < -0.4 is 5.32 Å². The van der Waals surface area contributed by atoms with Crippen LogP contribution in [-0.4, -0.2) is 25.3 Å². The van der Waals surface area contributed by atoms with E-state index in [2.05, 4.69) is 35.6 Å². The molecule has 1 aromatic carbocycles. The Labute approximate surface area is 116 Å². The van der Waals surface area contributed by atoms with E-state index in [1.165, 1.54) is 44.1 Å². The van der Waals surface area contributed by atoms with Gasteiger partial charge in [0.2, 0.25) is 0 Å². The number of ether oxygens (including phenoxy) is 1. The number of benzene rings is 1. The Morgan fingerprint density at radius 2 is 1.68 bits per heavy atom. The molecule has 1 aliphatic carbocycles. The van der Waals surface area contributed by atoms with Crippen molar-refractivity contribution in [2.24, 2.45) is 0 Å². The average molecular weight is 259 g/mol. The van der Waals surface area contributed by atoms with Crippen molar-refractivity contribution in [3.8, 4) is 0 Å². The molecule has 1 aromatic rings. The quantitative estimate of drug-likeness (QED) is 0.897. The highest BCUT2D eigenvalue weighted by atomic mass is 16.5. The standard InChI is InChI=1S/C17H25NO/c1-2-5-14(6-3-1)15-8-10-16(11-9-15)18-17-7-4-12-19-13-17/h1-3,5-6,15-18H,4,7-13H2. The molecule has 2 nitrogen and oxygen atoms in total. The molecule has 0 spiro atoms. The highest BCUT2D eigenvalue weighted by molar-refractivity contribution is 5.20. The molecule has 2 aliphatic rings. The summed E-state index contributed by atoms with van der Waals surface area (Å²) >= 11 is 0. The van der Waals surface area contributed by atoms with Crippen LogP contribution in [0.2, 0.25) is 0 Å². The highest BCUT2D eigenvalue weighted by Crippen LogP contribution is 2.33. The summed E-state index contributed by atoms with van der Waals surface area (Å²) in [4.78, 5) is 0. The minimum atomic E-state index is 0.604. The van der Waals surface area contributed by atoms with Crippen molar-refractivity contribution in [2.75, 3.05) is 13.2 Å². The third-order valence-electron chi connectivity index (χ3n) is 4.63. The monoisotopic (exact) mass is 259 g/mol. The van der Waals surface area contributed by atoms with Crippen LogP contribution in [-0.2, 0) is 4.74 Å². The zero-order valence-corrected chi connectivity index (χ0v) is 11.7. The lowest BCUT2D eigenvalue weighted by Crippen LogP contribution is -2.44. The smallest absolute Gasteiger partial charge is 0.0619 e.